The second kappa shape index (κ2) is 9.96. The summed E-state index contributed by atoms with van der Waals surface area (Å²) in [5, 5.41) is 6.20. The van der Waals surface area contributed by atoms with Gasteiger partial charge in [-0.05, 0) is 16.7 Å². The number of methoxy groups -OCH3 is 1. The third-order valence-corrected chi connectivity index (χ3v) is 5.55. The first-order valence-corrected chi connectivity index (χ1v) is 10.7. The Balaban J connectivity index is 1.64. The fourth-order valence-corrected chi connectivity index (χ4v) is 3.82. The van der Waals surface area contributed by atoms with Gasteiger partial charge in [0.2, 0.25) is 0 Å². The number of hydrogen-bond acceptors (Lipinski definition) is 6. The fourth-order valence-electron chi connectivity index (χ4n) is 3.82. The van der Waals surface area contributed by atoms with Crippen LogP contribution in [-0.4, -0.2) is 19.1 Å². The number of hydrogen-bond donors (Lipinski definition) is 2. The van der Waals surface area contributed by atoms with Crippen LogP contribution in [0.25, 0.3) is 0 Å². The zero-order valence-electron chi connectivity index (χ0n) is 18.2. The van der Waals surface area contributed by atoms with Gasteiger partial charge in [-0.2, -0.15) is 0 Å². The highest BCUT2D eigenvalue weighted by molar-refractivity contribution is 5.84. The second-order valence-electron chi connectivity index (χ2n) is 7.72. The smallest absolute Gasteiger partial charge is 0.328 e. The van der Waals surface area contributed by atoms with Gasteiger partial charge in [-0.1, -0.05) is 91.0 Å². The molecule has 0 aliphatic carbocycles. The third-order valence-electron chi connectivity index (χ3n) is 5.55. The lowest BCUT2D eigenvalue weighted by Crippen LogP contribution is -2.43. The number of carbonyl (C=O) groups excluding carboxylic acids is 1. The van der Waals surface area contributed by atoms with Gasteiger partial charge in [0.1, 0.15) is 17.4 Å². The molecule has 6 nitrogen and oxygen atoms in total. The molecule has 0 bridgehead atoms. The summed E-state index contributed by atoms with van der Waals surface area (Å²) in [6.07, 6.45) is 0.312. The molecule has 0 heterocycles. The summed E-state index contributed by atoms with van der Waals surface area (Å²) in [5.41, 5.74) is 1.79. The number of carbonyl (C=O) groups is 1. The summed E-state index contributed by atoms with van der Waals surface area (Å²) < 4.78 is 4.93. The zero-order chi connectivity index (χ0) is 23.2. The zero-order valence-corrected chi connectivity index (χ0v) is 18.2. The van der Waals surface area contributed by atoms with Crippen molar-refractivity contribution < 1.29 is 9.53 Å². The number of nitrogens with one attached hydrogen (secondary N) is 2. The first-order valence-electron chi connectivity index (χ1n) is 10.7. The number of rotatable bonds is 9. The van der Waals surface area contributed by atoms with Gasteiger partial charge >= 0.3 is 5.97 Å². The van der Waals surface area contributed by atoms with E-state index in [0.29, 0.717) is 6.42 Å². The molecule has 0 aliphatic heterocycles. The molecule has 0 saturated carbocycles. The van der Waals surface area contributed by atoms with Crippen molar-refractivity contribution in [2.45, 2.75) is 18.5 Å². The highest BCUT2D eigenvalue weighted by Gasteiger charge is 2.29. The van der Waals surface area contributed by atoms with E-state index >= 15 is 0 Å². The molecule has 4 rings (SSSR count). The summed E-state index contributed by atoms with van der Waals surface area (Å²) >= 11 is 0. The van der Waals surface area contributed by atoms with Gasteiger partial charge in [0.05, 0.1) is 13.2 Å². The highest BCUT2D eigenvalue weighted by Crippen LogP contribution is 2.29. The van der Waals surface area contributed by atoms with Crippen LogP contribution in [0.5, 0.6) is 0 Å². The summed E-state index contributed by atoms with van der Waals surface area (Å²) in [4.78, 5) is 37.4. The van der Waals surface area contributed by atoms with Crippen LogP contribution in [0.4, 0.5) is 11.4 Å². The van der Waals surface area contributed by atoms with Crippen molar-refractivity contribution in [3.8, 4) is 0 Å². The van der Waals surface area contributed by atoms with Crippen LogP contribution in [0.2, 0.25) is 0 Å². The fraction of sp³-hybridized carbons (Fsp3) is 0.148. The average molecular weight is 440 g/mol. The molecular weight excluding hydrogens is 416 g/mol. The Morgan fingerprint density at radius 1 is 0.727 bits per heavy atom. The van der Waals surface area contributed by atoms with Crippen molar-refractivity contribution in [2.24, 2.45) is 0 Å². The van der Waals surface area contributed by atoms with E-state index in [-0.39, 0.29) is 17.4 Å². The Hall–Kier alpha value is -4.19. The maximum atomic E-state index is 12.5. The minimum atomic E-state index is -0.812. The number of esters is 1. The molecule has 0 radical (unpaired) electrons. The Morgan fingerprint density at radius 3 is 1.67 bits per heavy atom. The van der Waals surface area contributed by atoms with E-state index in [1.54, 1.807) is 0 Å². The first kappa shape index (κ1) is 22.0. The van der Waals surface area contributed by atoms with Gasteiger partial charge in [-0.15, -0.1) is 0 Å². The van der Waals surface area contributed by atoms with E-state index < -0.39 is 22.9 Å². The average Bonchev–Trinajstić information content (AvgIpc) is 2.88. The van der Waals surface area contributed by atoms with Crippen LogP contribution < -0.4 is 21.5 Å². The number of ether oxygens (including phenoxy) is 1. The van der Waals surface area contributed by atoms with Gasteiger partial charge in [0.25, 0.3) is 10.9 Å². The van der Waals surface area contributed by atoms with Crippen LogP contribution >= 0.6 is 0 Å². The van der Waals surface area contributed by atoms with Gasteiger partial charge in [0, 0.05) is 6.42 Å². The van der Waals surface area contributed by atoms with Crippen LogP contribution in [0, 0.1) is 0 Å². The molecule has 0 aliphatic rings. The molecule has 4 aromatic carbocycles. The molecule has 1 atom stereocenters. The Bertz CT molecular complexity index is 1240. The van der Waals surface area contributed by atoms with Crippen LogP contribution in [0.15, 0.2) is 101 Å². The Labute approximate surface area is 191 Å². The van der Waals surface area contributed by atoms with Gasteiger partial charge in [-0.25, -0.2) is 4.79 Å². The topological polar surface area (TPSA) is 84.5 Å². The van der Waals surface area contributed by atoms with E-state index in [4.69, 9.17) is 4.74 Å². The summed E-state index contributed by atoms with van der Waals surface area (Å²) in [7, 11) is 1.30. The molecule has 0 unspecified atom stereocenters. The Morgan fingerprint density at radius 2 is 1.18 bits per heavy atom. The van der Waals surface area contributed by atoms with Gasteiger partial charge in [-0.3, -0.25) is 9.59 Å². The molecular formula is C27H24N2O4. The second-order valence-corrected chi connectivity index (χ2v) is 7.72. The van der Waals surface area contributed by atoms with Crippen LogP contribution in [0.1, 0.15) is 22.7 Å². The normalized spacial score (nSPS) is 11.8. The highest BCUT2D eigenvalue weighted by atomic mass is 16.5. The molecule has 33 heavy (non-hydrogen) atoms. The third kappa shape index (κ3) is 4.85. The lowest BCUT2D eigenvalue weighted by molar-refractivity contribution is -0.141. The predicted octanol–water partition coefficient (Wildman–Crippen LogP) is 3.68. The lowest BCUT2D eigenvalue weighted by Gasteiger charge is -2.25. The van der Waals surface area contributed by atoms with Crippen molar-refractivity contribution in [1.82, 2.24) is 0 Å². The van der Waals surface area contributed by atoms with Crippen LogP contribution in [0.3, 0.4) is 0 Å². The van der Waals surface area contributed by atoms with Crippen molar-refractivity contribution >= 4 is 17.3 Å². The summed E-state index contributed by atoms with van der Waals surface area (Å²) in [6, 6.07) is 27.6. The van der Waals surface area contributed by atoms with Crippen molar-refractivity contribution in [2.75, 3.05) is 17.7 Å². The molecule has 6 heteroatoms. The van der Waals surface area contributed by atoms with E-state index in [1.807, 2.05) is 91.0 Å². The molecule has 0 aromatic heterocycles. The number of benzene rings is 3. The van der Waals surface area contributed by atoms with E-state index in [9.17, 15) is 14.4 Å². The molecule has 0 amide bonds. The SMILES string of the molecule is COC(=O)[C@H](Cc1ccccc1)Nc1c(NC(c2ccccc2)c2ccccc2)c(=O)c1=O. The minimum Gasteiger partial charge on any atom is -0.467 e. The Kier molecular flexibility index (Phi) is 6.64. The predicted molar refractivity (Wildman–Crippen MR) is 129 cm³/mol. The van der Waals surface area contributed by atoms with Crippen molar-refractivity contribution in [1.29, 1.82) is 0 Å². The first-order chi connectivity index (χ1) is 16.1. The molecule has 2 N–H and O–H groups in total. The molecule has 0 spiro atoms. The molecule has 0 fully saturated rings. The molecule has 4 aromatic rings. The van der Waals surface area contributed by atoms with E-state index in [1.165, 1.54) is 7.11 Å². The maximum Gasteiger partial charge on any atom is 0.328 e. The summed E-state index contributed by atoms with van der Waals surface area (Å²) in [6.45, 7) is 0. The standard InChI is InChI=1S/C27H24N2O4/c1-33-27(32)21(17-18-11-5-2-6-12-18)28-23-24(26(31)25(23)30)29-22(19-13-7-3-8-14-19)20-15-9-4-10-16-20/h2-16,21-22,28-29H,17H2,1H3/t21-/m0/s1. The van der Waals surface area contributed by atoms with Gasteiger partial charge in [0.15, 0.2) is 0 Å². The van der Waals surface area contributed by atoms with Crippen LogP contribution in [-0.2, 0) is 16.0 Å². The maximum absolute atomic E-state index is 12.5. The number of anilines is 2. The van der Waals surface area contributed by atoms with E-state index in [2.05, 4.69) is 10.6 Å². The quantitative estimate of drug-likeness (QED) is 0.305. The lowest BCUT2D eigenvalue weighted by atomic mass is 9.97. The molecule has 166 valence electrons. The van der Waals surface area contributed by atoms with Crippen molar-refractivity contribution in [3.63, 3.8) is 0 Å². The largest absolute Gasteiger partial charge is 0.467 e. The summed E-state index contributed by atoms with van der Waals surface area (Å²) in [5.74, 6) is -0.513. The van der Waals surface area contributed by atoms with Gasteiger partial charge < -0.3 is 15.4 Å². The van der Waals surface area contributed by atoms with E-state index in [0.717, 1.165) is 16.7 Å². The minimum absolute atomic E-state index is 0.100. The van der Waals surface area contributed by atoms with Crippen molar-refractivity contribution in [3.05, 3.63) is 128 Å². The molecule has 0 saturated heterocycles. The monoisotopic (exact) mass is 440 g/mol.